The summed E-state index contributed by atoms with van der Waals surface area (Å²) in [5.74, 6) is 16.0. The number of hydrazine groups is 3. The molecule has 0 rings (SSSR count). The van der Waals surface area contributed by atoms with Gasteiger partial charge in [-0.3, -0.25) is 17.5 Å². The molecule has 0 unspecified atom stereocenters. The lowest BCUT2D eigenvalue weighted by atomic mass is 10.4. The first-order valence-electron chi connectivity index (χ1n) is 4.38. The van der Waals surface area contributed by atoms with Gasteiger partial charge < -0.3 is 0 Å². The second-order valence-corrected chi connectivity index (χ2v) is 5.58. The van der Waals surface area contributed by atoms with Crippen molar-refractivity contribution in [3.63, 3.8) is 0 Å². The fraction of sp³-hybridized carbons (Fsp3) is 1.00. The van der Waals surface area contributed by atoms with Crippen molar-refractivity contribution in [3.8, 4) is 0 Å². The summed E-state index contributed by atoms with van der Waals surface area (Å²) in [7, 11) is 0. The monoisotopic (exact) mass is 428 g/mol. The van der Waals surface area contributed by atoms with Crippen molar-refractivity contribution in [3.05, 3.63) is 0 Å². The van der Waals surface area contributed by atoms with E-state index in [0.29, 0.717) is 0 Å². The van der Waals surface area contributed by atoms with Crippen molar-refractivity contribution in [2.75, 3.05) is 26.2 Å². The van der Waals surface area contributed by atoms with Gasteiger partial charge in [0.25, 0.3) is 0 Å². The predicted octanol–water partition coefficient (Wildman–Crippen LogP) is -0.00630. The zero-order valence-electron chi connectivity index (χ0n) is 8.07. The fourth-order valence-corrected chi connectivity index (χ4v) is 1.95. The van der Waals surface area contributed by atoms with E-state index in [0.717, 1.165) is 39.0 Å². The molecular weight excluding hydrogens is 410 g/mol. The molecule has 6 nitrogen and oxygen atoms in total. The maximum absolute atomic E-state index is 5.48. The fourth-order valence-electron chi connectivity index (χ4n) is 0.930. The highest BCUT2D eigenvalue weighted by atomic mass is 127. The Morgan fingerprint density at radius 2 is 1.29 bits per heavy atom. The van der Waals surface area contributed by atoms with Crippen LogP contribution >= 0.6 is 45.7 Å². The molecule has 0 aromatic rings. The molecule has 0 heterocycles. The van der Waals surface area contributed by atoms with Crippen LogP contribution in [0.3, 0.4) is 0 Å². The maximum Gasteiger partial charge on any atom is 0.0364 e. The van der Waals surface area contributed by atoms with Crippen molar-refractivity contribution < 1.29 is 0 Å². The summed E-state index contributed by atoms with van der Waals surface area (Å²) in [6, 6.07) is 0. The quantitative estimate of drug-likeness (QED) is 0.218. The lowest BCUT2D eigenvalue weighted by molar-refractivity contribution is 0.280. The Kier molecular flexibility index (Phi) is 10.3. The van der Waals surface area contributed by atoms with E-state index in [1.807, 2.05) is 0 Å². The van der Waals surface area contributed by atoms with Crippen molar-refractivity contribution in [1.29, 1.82) is 0 Å². The Labute approximate surface area is 113 Å². The van der Waals surface area contributed by atoms with Crippen LogP contribution in [0.1, 0.15) is 12.8 Å². The van der Waals surface area contributed by atoms with Gasteiger partial charge in [0.2, 0.25) is 0 Å². The first-order chi connectivity index (χ1) is 6.52. The van der Waals surface area contributed by atoms with E-state index in [2.05, 4.69) is 48.8 Å². The molecule has 0 fully saturated rings. The number of nitrogens with two attached hydrogens (primary N) is 3. The second kappa shape index (κ2) is 9.45. The molecule has 0 aliphatic carbocycles. The summed E-state index contributed by atoms with van der Waals surface area (Å²) in [4.78, 5) is 0. The third kappa shape index (κ3) is 11.3. The van der Waals surface area contributed by atoms with Gasteiger partial charge in [0.15, 0.2) is 0 Å². The molecule has 0 radical (unpaired) electrons. The second-order valence-electron chi connectivity index (χ2n) is 2.98. The van der Waals surface area contributed by atoms with Crippen LogP contribution in [0, 0.1) is 0 Å². The Morgan fingerprint density at radius 1 is 0.786 bits per heavy atom. The van der Waals surface area contributed by atoms with Crippen LogP contribution in [-0.2, 0) is 0 Å². The number of halogens is 2. The zero-order chi connectivity index (χ0) is 11.0. The molecule has 0 aromatic carbocycles. The lowest BCUT2D eigenvalue weighted by Gasteiger charge is -2.16. The van der Waals surface area contributed by atoms with Crippen LogP contribution in [0.2, 0.25) is 0 Å². The molecule has 6 N–H and O–H groups in total. The average molecular weight is 428 g/mol. The molecule has 0 spiro atoms. The van der Waals surface area contributed by atoms with Crippen LogP contribution in [0.4, 0.5) is 0 Å². The molecule has 0 saturated heterocycles. The minimum atomic E-state index is 0.717. The summed E-state index contributed by atoms with van der Waals surface area (Å²) in [6.07, 6.45) is 2.05. The van der Waals surface area contributed by atoms with Gasteiger partial charge in [-0.05, 0) is 12.8 Å². The van der Waals surface area contributed by atoms with Gasteiger partial charge in [-0.2, -0.15) is 8.34 Å². The van der Waals surface area contributed by atoms with Crippen LogP contribution < -0.4 is 17.5 Å². The molecular formula is C6H18I2N6. The van der Waals surface area contributed by atoms with Gasteiger partial charge in [0.1, 0.15) is 0 Å². The Hall–Kier alpha value is 1.22. The van der Waals surface area contributed by atoms with Gasteiger partial charge in [-0.25, -0.2) is 3.11 Å². The minimum Gasteiger partial charge on any atom is -0.260 e. The van der Waals surface area contributed by atoms with E-state index >= 15 is 0 Å². The first kappa shape index (κ1) is 15.2. The van der Waals surface area contributed by atoms with E-state index in [4.69, 9.17) is 17.5 Å². The molecule has 0 saturated carbocycles. The van der Waals surface area contributed by atoms with E-state index in [-0.39, 0.29) is 0 Å². The summed E-state index contributed by atoms with van der Waals surface area (Å²) in [5, 5.41) is 1.22. The number of hydrogen-bond donors (Lipinski definition) is 3. The highest BCUT2D eigenvalue weighted by Gasteiger charge is 2.01. The van der Waals surface area contributed by atoms with Crippen LogP contribution in [0.5, 0.6) is 0 Å². The molecule has 0 atom stereocenters. The molecule has 14 heavy (non-hydrogen) atoms. The predicted molar refractivity (Wildman–Crippen MR) is 74.8 cm³/mol. The van der Waals surface area contributed by atoms with E-state index in [1.54, 1.807) is 3.22 Å². The molecule has 8 heteroatoms. The summed E-state index contributed by atoms with van der Waals surface area (Å²) < 4.78 is 3.89. The van der Waals surface area contributed by atoms with Crippen LogP contribution in [-0.4, -0.2) is 37.6 Å². The number of rotatable bonds is 8. The van der Waals surface area contributed by atoms with Crippen molar-refractivity contribution in [2.45, 2.75) is 12.8 Å². The van der Waals surface area contributed by atoms with E-state index in [9.17, 15) is 0 Å². The highest BCUT2D eigenvalue weighted by molar-refractivity contribution is 14.1. The van der Waals surface area contributed by atoms with E-state index in [1.165, 1.54) is 5.12 Å². The van der Waals surface area contributed by atoms with Gasteiger partial charge in [-0.15, -0.1) is 0 Å². The van der Waals surface area contributed by atoms with Gasteiger partial charge in [0.05, 0.1) is 0 Å². The van der Waals surface area contributed by atoms with Gasteiger partial charge in [0, 0.05) is 71.9 Å². The summed E-state index contributed by atoms with van der Waals surface area (Å²) in [5.41, 5.74) is 0. The van der Waals surface area contributed by atoms with Crippen LogP contribution in [0.25, 0.3) is 0 Å². The standard InChI is InChI=1S/C6H18I2N6/c7-12(3-1-5-13(8)9)4-2-6-14(10)11/h1-6,9-11H2. The zero-order valence-corrected chi connectivity index (χ0v) is 12.4. The number of nitrogens with zero attached hydrogens (tertiary/aromatic N) is 3. The molecule has 86 valence electrons. The molecule has 0 amide bonds. The van der Waals surface area contributed by atoms with Gasteiger partial charge in [-0.1, -0.05) is 0 Å². The third-order valence-electron chi connectivity index (χ3n) is 1.59. The molecule has 0 aromatic heterocycles. The Bertz CT molecular complexity index is 119. The smallest absolute Gasteiger partial charge is 0.0364 e. The molecule has 0 aliphatic rings. The maximum atomic E-state index is 5.48. The average Bonchev–Trinajstić information content (AvgIpc) is 2.02. The Morgan fingerprint density at radius 3 is 1.71 bits per heavy atom. The Balaban J connectivity index is 3.23. The van der Waals surface area contributed by atoms with Crippen LogP contribution in [0.15, 0.2) is 0 Å². The SMILES string of the molecule is NN(N)CCCN(I)CCCN(N)I. The minimum absolute atomic E-state index is 0.717. The summed E-state index contributed by atoms with van der Waals surface area (Å²) >= 11 is 4.38. The topological polar surface area (TPSA) is 87.8 Å². The molecule has 0 aliphatic heterocycles. The first-order valence-corrected chi connectivity index (χ1v) is 6.31. The van der Waals surface area contributed by atoms with Crippen molar-refractivity contribution in [1.82, 2.24) is 11.5 Å². The van der Waals surface area contributed by atoms with Crippen molar-refractivity contribution >= 4 is 45.7 Å². The number of hydrogen-bond acceptors (Lipinski definition) is 6. The van der Waals surface area contributed by atoms with Gasteiger partial charge >= 0.3 is 0 Å². The largest absolute Gasteiger partial charge is 0.260 e. The summed E-state index contributed by atoms with van der Waals surface area (Å²) in [6.45, 7) is 3.65. The van der Waals surface area contributed by atoms with E-state index < -0.39 is 0 Å². The third-order valence-corrected chi connectivity index (χ3v) is 3.04. The lowest BCUT2D eigenvalue weighted by Crippen LogP contribution is -2.39. The van der Waals surface area contributed by atoms with Crippen molar-refractivity contribution in [2.24, 2.45) is 17.5 Å². The molecule has 0 bridgehead atoms. The highest BCUT2D eigenvalue weighted by Crippen LogP contribution is 2.03. The normalized spacial score (nSPS) is 12.0.